The first kappa shape index (κ1) is 29.1. The van der Waals surface area contributed by atoms with Gasteiger partial charge in [0.2, 0.25) is 0 Å². The summed E-state index contributed by atoms with van der Waals surface area (Å²) in [5, 5.41) is 9.68. The van der Waals surface area contributed by atoms with E-state index in [9.17, 15) is 49.0 Å². The van der Waals surface area contributed by atoms with Crippen LogP contribution in [0.5, 0.6) is 5.75 Å². The van der Waals surface area contributed by atoms with E-state index in [1.54, 1.807) is 0 Å². The first-order valence-corrected chi connectivity index (χ1v) is 10.8. The molecule has 1 N–H and O–H groups in total. The second-order valence-electron chi connectivity index (χ2n) is 8.18. The van der Waals surface area contributed by atoms with E-state index in [-0.39, 0.29) is 22.4 Å². The third-order valence-corrected chi connectivity index (χ3v) is 5.29. The van der Waals surface area contributed by atoms with Gasteiger partial charge in [0, 0.05) is 12.2 Å². The highest BCUT2D eigenvalue weighted by Crippen LogP contribution is 2.34. The molecule has 0 radical (unpaired) electrons. The number of ether oxygens (including phenoxy) is 1. The third-order valence-electron chi connectivity index (χ3n) is 5.29. The number of aliphatic hydroxyl groups excluding tert-OH is 1. The van der Waals surface area contributed by atoms with Gasteiger partial charge in [0.05, 0.1) is 12.1 Å². The number of halogens is 10. The molecule has 3 aromatic carbocycles. The van der Waals surface area contributed by atoms with E-state index >= 15 is 0 Å². The summed E-state index contributed by atoms with van der Waals surface area (Å²) in [6.07, 6.45) is -21.5. The molecule has 1 atom stereocenters. The average molecular weight is 555 g/mol. The Morgan fingerprint density at radius 2 is 1.37 bits per heavy atom. The standard InChI is InChI=1S/C25H19F10NO2/c26-22(27)25(34,35)38-20-9-1-4-15(10-20)13-36(14-21(37)24(31,32)33)19-8-3-6-17(12-19)16-5-2-7-18(11-16)23(28,29)30/h1-12,21-22,37H,13-14H2. The van der Waals surface area contributed by atoms with Gasteiger partial charge in [0.1, 0.15) is 5.75 Å². The molecule has 0 aliphatic carbocycles. The quantitative estimate of drug-likeness (QED) is 0.277. The van der Waals surface area contributed by atoms with Gasteiger partial charge in [-0.05, 0) is 53.1 Å². The van der Waals surface area contributed by atoms with Crippen LogP contribution >= 0.6 is 0 Å². The number of benzene rings is 3. The van der Waals surface area contributed by atoms with Crippen LogP contribution in [0.15, 0.2) is 72.8 Å². The van der Waals surface area contributed by atoms with Gasteiger partial charge in [0.15, 0.2) is 6.10 Å². The van der Waals surface area contributed by atoms with E-state index in [1.807, 2.05) is 0 Å². The third kappa shape index (κ3) is 7.53. The van der Waals surface area contributed by atoms with Crippen LogP contribution in [-0.2, 0) is 12.7 Å². The average Bonchev–Trinajstić information content (AvgIpc) is 2.82. The van der Waals surface area contributed by atoms with Gasteiger partial charge in [-0.2, -0.15) is 43.9 Å². The van der Waals surface area contributed by atoms with E-state index in [0.717, 1.165) is 41.3 Å². The van der Waals surface area contributed by atoms with Crippen molar-refractivity contribution in [2.45, 2.75) is 37.5 Å². The van der Waals surface area contributed by atoms with Gasteiger partial charge in [-0.3, -0.25) is 0 Å². The summed E-state index contributed by atoms with van der Waals surface area (Å²) in [5.41, 5.74) is -0.502. The Kier molecular flexibility index (Phi) is 8.49. The van der Waals surface area contributed by atoms with Crippen molar-refractivity contribution in [1.29, 1.82) is 0 Å². The van der Waals surface area contributed by atoms with Crippen molar-refractivity contribution in [3.05, 3.63) is 83.9 Å². The molecule has 0 aliphatic rings. The van der Waals surface area contributed by atoms with Crippen LogP contribution in [0.25, 0.3) is 11.1 Å². The second kappa shape index (κ2) is 11.1. The number of rotatable bonds is 9. The van der Waals surface area contributed by atoms with Gasteiger partial charge < -0.3 is 14.7 Å². The summed E-state index contributed by atoms with van der Waals surface area (Å²) in [7, 11) is 0. The van der Waals surface area contributed by atoms with Crippen molar-refractivity contribution < 1.29 is 53.7 Å². The van der Waals surface area contributed by atoms with Crippen molar-refractivity contribution in [1.82, 2.24) is 0 Å². The Bertz CT molecular complexity index is 1230. The van der Waals surface area contributed by atoms with Gasteiger partial charge in [-0.25, -0.2) is 0 Å². The fourth-order valence-corrected chi connectivity index (χ4v) is 3.46. The lowest BCUT2D eigenvalue weighted by Crippen LogP contribution is -2.41. The van der Waals surface area contributed by atoms with Crippen LogP contribution in [0.1, 0.15) is 11.1 Å². The van der Waals surface area contributed by atoms with Crippen molar-refractivity contribution in [2.24, 2.45) is 0 Å². The lowest BCUT2D eigenvalue weighted by atomic mass is 10.0. The summed E-state index contributed by atoms with van der Waals surface area (Å²) in [5.74, 6) is -0.679. The zero-order valence-electron chi connectivity index (χ0n) is 19.1. The molecule has 0 aliphatic heterocycles. The topological polar surface area (TPSA) is 32.7 Å². The summed E-state index contributed by atoms with van der Waals surface area (Å²) < 4.78 is 134. The van der Waals surface area contributed by atoms with Crippen LogP contribution in [-0.4, -0.2) is 36.5 Å². The molecule has 0 aromatic heterocycles. The summed E-state index contributed by atoms with van der Waals surface area (Å²) in [6.45, 7) is -1.47. The van der Waals surface area contributed by atoms with Crippen LogP contribution in [0, 0.1) is 0 Å². The molecule has 13 heteroatoms. The number of hydrogen-bond donors (Lipinski definition) is 1. The molecule has 0 saturated carbocycles. The largest absolute Gasteiger partial charge is 0.461 e. The molecule has 3 rings (SSSR count). The molecular weight excluding hydrogens is 536 g/mol. The van der Waals surface area contributed by atoms with E-state index in [2.05, 4.69) is 4.74 Å². The minimum atomic E-state index is -5.03. The fraction of sp³-hybridized carbons (Fsp3) is 0.280. The van der Waals surface area contributed by atoms with Gasteiger partial charge in [-0.15, -0.1) is 0 Å². The fourth-order valence-electron chi connectivity index (χ4n) is 3.46. The minimum absolute atomic E-state index is 0.0486. The van der Waals surface area contributed by atoms with Crippen molar-refractivity contribution in [3.8, 4) is 16.9 Å². The van der Waals surface area contributed by atoms with Crippen molar-refractivity contribution in [3.63, 3.8) is 0 Å². The molecule has 0 bridgehead atoms. The zero-order valence-corrected chi connectivity index (χ0v) is 19.1. The van der Waals surface area contributed by atoms with Crippen LogP contribution in [0.2, 0.25) is 0 Å². The highest BCUT2D eigenvalue weighted by atomic mass is 19.4. The molecule has 1 unspecified atom stereocenters. The van der Waals surface area contributed by atoms with E-state index < -0.39 is 55.4 Å². The minimum Gasteiger partial charge on any atom is -0.428 e. The Labute approximate surface area is 209 Å². The Hall–Kier alpha value is -3.48. The Morgan fingerprint density at radius 3 is 1.97 bits per heavy atom. The number of anilines is 1. The molecule has 0 spiro atoms. The Morgan fingerprint density at radius 1 is 0.763 bits per heavy atom. The lowest BCUT2D eigenvalue weighted by Gasteiger charge is -2.29. The summed E-state index contributed by atoms with van der Waals surface area (Å²) in [6, 6.07) is 14.0. The molecule has 0 fully saturated rings. The van der Waals surface area contributed by atoms with Crippen molar-refractivity contribution >= 4 is 5.69 Å². The number of hydrogen-bond acceptors (Lipinski definition) is 3. The predicted molar refractivity (Wildman–Crippen MR) is 118 cm³/mol. The predicted octanol–water partition coefficient (Wildman–Crippen LogP) is 7.54. The maximum Gasteiger partial charge on any atom is 0.461 e. The van der Waals surface area contributed by atoms with E-state index in [0.29, 0.717) is 0 Å². The van der Waals surface area contributed by atoms with E-state index in [4.69, 9.17) is 0 Å². The van der Waals surface area contributed by atoms with E-state index in [1.165, 1.54) is 36.4 Å². The lowest BCUT2D eigenvalue weighted by molar-refractivity contribution is -0.253. The molecule has 206 valence electrons. The van der Waals surface area contributed by atoms with Gasteiger partial charge >= 0.3 is 24.9 Å². The second-order valence-corrected chi connectivity index (χ2v) is 8.18. The molecule has 0 heterocycles. The number of alkyl halides is 10. The Balaban J connectivity index is 1.96. The highest BCUT2D eigenvalue weighted by Gasteiger charge is 2.44. The normalized spacial score (nSPS) is 13.5. The summed E-state index contributed by atoms with van der Waals surface area (Å²) >= 11 is 0. The van der Waals surface area contributed by atoms with Crippen molar-refractivity contribution in [2.75, 3.05) is 11.4 Å². The SMILES string of the molecule is OC(CN(Cc1cccc(OC(F)(F)C(F)F)c1)c1cccc(-c2cccc(C(F)(F)F)c2)c1)C(F)(F)F. The van der Waals surface area contributed by atoms with Crippen LogP contribution in [0.4, 0.5) is 49.6 Å². The molecule has 0 saturated heterocycles. The number of aliphatic hydroxyl groups is 1. The monoisotopic (exact) mass is 555 g/mol. The van der Waals surface area contributed by atoms with Crippen LogP contribution < -0.4 is 9.64 Å². The maximum absolute atomic E-state index is 13.3. The highest BCUT2D eigenvalue weighted by molar-refractivity contribution is 5.69. The molecular formula is C25H19F10NO2. The zero-order chi connectivity index (χ0) is 28.3. The summed E-state index contributed by atoms with van der Waals surface area (Å²) in [4.78, 5) is 1.01. The first-order valence-electron chi connectivity index (χ1n) is 10.8. The molecule has 38 heavy (non-hydrogen) atoms. The van der Waals surface area contributed by atoms with Gasteiger partial charge in [0.25, 0.3) is 0 Å². The number of nitrogens with zero attached hydrogens (tertiary/aromatic N) is 1. The molecule has 3 nitrogen and oxygen atoms in total. The molecule has 3 aromatic rings. The maximum atomic E-state index is 13.3. The first-order chi connectivity index (χ1) is 17.6. The van der Waals surface area contributed by atoms with Crippen LogP contribution in [0.3, 0.4) is 0 Å². The van der Waals surface area contributed by atoms with Gasteiger partial charge in [-0.1, -0.05) is 36.4 Å². The molecule has 0 amide bonds. The smallest absolute Gasteiger partial charge is 0.428 e.